The molecule has 0 radical (unpaired) electrons. The summed E-state index contributed by atoms with van der Waals surface area (Å²) in [5, 5.41) is 2.99. The van der Waals surface area contributed by atoms with Crippen molar-refractivity contribution in [3.8, 4) is 5.75 Å². The average Bonchev–Trinajstić information content (AvgIpc) is 2.62. The third-order valence-electron chi connectivity index (χ3n) is 3.80. The lowest BCUT2D eigenvalue weighted by Crippen LogP contribution is -2.22. The molecule has 0 amide bonds. The lowest BCUT2D eigenvalue weighted by Gasteiger charge is -2.08. The molecule has 0 aliphatic carbocycles. The van der Waals surface area contributed by atoms with Crippen molar-refractivity contribution in [2.24, 2.45) is 10.7 Å². The van der Waals surface area contributed by atoms with Crippen LogP contribution in [0.4, 0.5) is 18.9 Å². The lowest BCUT2D eigenvalue weighted by atomic mass is 10.1. The third kappa shape index (κ3) is 8.06. The molecule has 148 valence electrons. The normalized spacial score (nSPS) is 11.6. The van der Waals surface area contributed by atoms with Gasteiger partial charge in [0.1, 0.15) is 5.75 Å². The zero-order valence-corrected chi connectivity index (χ0v) is 17.3. The van der Waals surface area contributed by atoms with Crippen LogP contribution in [0.5, 0.6) is 5.75 Å². The molecule has 0 aromatic heterocycles. The largest absolute Gasteiger partial charge is 0.497 e. The molecular weight excluding hydrogens is 470 g/mol. The van der Waals surface area contributed by atoms with Crippen LogP contribution >= 0.6 is 24.0 Å². The summed E-state index contributed by atoms with van der Waals surface area (Å²) >= 11 is 0. The molecule has 0 unspecified atom stereocenters. The zero-order valence-electron chi connectivity index (χ0n) is 14.9. The van der Waals surface area contributed by atoms with Crippen LogP contribution in [0.2, 0.25) is 0 Å². The number of guanidine groups is 1. The minimum absolute atomic E-state index is 0. The second kappa shape index (κ2) is 11.0. The summed E-state index contributed by atoms with van der Waals surface area (Å²) in [6, 6.07) is 12.6. The molecule has 3 N–H and O–H groups in total. The van der Waals surface area contributed by atoms with E-state index >= 15 is 0 Å². The van der Waals surface area contributed by atoms with Gasteiger partial charge in [-0.2, -0.15) is 13.2 Å². The van der Waals surface area contributed by atoms with Crippen LogP contribution < -0.4 is 15.8 Å². The number of nitrogens with two attached hydrogens (primary N) is 1. The average molecular weight is 493 g/mol. The van der Waals surface area contributed by atoms with Gasteiger partial charge >= 0.3 is 6.18 Å². The van der Waals surface area contributed by atoms with E-state index in [0.717, 1.165) is 42.0 Å². The van der Waals surface area contributed by atoms with Gasteiger partial charge in [0.2, 0.25) is 0 Å². The number of ether oxygens (including phenoxy) is 1. The predicted molar refractivity (Wildman–Crippen MR) is 113 cm³/mol. The molecule has 0 fully saturated rings. The maximum atomic E-state index is 12.5. The van der Waals surface area contributed by atoms with Gasteiger partial charge < -0.3 is 15.8 Å². The number of rotatable bonds is 7. The summed E-state index contributed by atoms with van der Waals surface area (Å²) in [6.07, 6.45) is -1.96. The molecule has 2 aromatic rings. The zero-order chi connectivity index (χ0) is 19.0. The Balaban J connectivity index is 0.00000364. The van der Waals surface area contributed by atoms with E-state index in [0.29, 0.717) is 18.9 Å². The van der Waals surface area contributed by atoms with Crippen LogP contribution in [-0.4, -0.2) is 19.6 Å². The van der Waals surface area contributed by atoms with Gasteiger partial charge in [0, 0.05) is 12.2 Å². The van der Waals surface area contributed by atoms with Crippen molar-refractivity contribution in [2.45, 2.75) is 25.4 Å². The first kappa shape index (κ1) is 23.1. The van der Waals surface area contributed by atoms with Crippen molar-refractivity contribution in [3.05, 3.63) is 59.7 Å². The fourth-order valence-electron chi connectivity index (χ4n) is 2.36. The first-order chi connectivity index (χ1) is 12.4. The fourth-order valence-corrected chi connectivity index (χ4v) is 2.36. The van der Waals surface area contributed by atoms with E-state index in [9.17, 15) is 13.2 Å². The molecule has 0 aliphatic heterocycles. The minimum atomic E-state index is -4.29. The Morgan fingerprint density at radius 2 is 1.67 bits per heavy atom. The van der Waals surface area contributed by atoms with Crippen LogP contribution in [-0.2, 0) is 12.6 Å². The van der Waals surface area contributed by atoms with E-state index in [1.807, 2.05) is 24.3 Å². The summed E-state index contributed by atoms with van der Waals surface area (Å²) in [7, 11) is 1.60. The summed E-state index contributed by atoms with van der Waals surface area (Å²) in [5.41, 5.74) is 6.90. The van der Waals surface area contributed by atoms with Gasteiger partial charge in [-0.25, -0.2) is 0 Å². The van der Waals surface area contributed by atoms with Gasteiger partial charge in [-0.1, -0.05) is 12.1 Å². The number of nitrogens with one attached hydrogen (secondary N) is 1. The summed E-state index contributed by atoms with van der Waals surface area (Å²) < 4.78 is 42.6. The molecule has 4 nitrogen and oxygen atoms in total. The predicted octanol–water partition coefficient (Wildman–Crippen LogP) is 5.08. The number of alkyl halides is 3. The Labute approximate surface area is 174 Å². The van der Waals surface area contributed by atoms with E-state index in [4.69, 9.17) is 10.5 Å². The van der Waals surface area contributed by atoms with Gasteiger partial charge in [-0.05, 0) is 61.2 Å². The Hall–Kier alpha value is -1.97. The van der Waals surface area contributed by atoms with Crippen LogP contribution in [0.25, 0.3) is 0 Å². The molecule has 0 aliphatic rings. The van der Waals surface area contributed by atoms with Crippen molar-refractivity contribution in [3.63, 3.8) is 0 Å². The Morgan fingerprint density at radius 1 is 1.04 bits per heavy atom. The number of benzene rings is 2. The molecular formula is C19H23F3IN3O. The monoisotopic (exact) mass is 493 g/mol. The molecule has 2 aromatic carbocycles. The summed E-state index contributed by atoms with van der Waals surface area (Å²) in [5.74, 6) is 1.08. The Bertz CT molecular complexity index is 716. The molecule has 0 atom stereocenters. The van der Waals surface area contributed by atoms with Crippen molar-refractivity contribution in [1.29, 1.82) is 0 Å². The Kier molecular flexibility index (Phi) is 9.40. The number of unbranched alkanes of at least 4 members (excludes halogenated alkanes) is 1. The quantitative estimate of drug-likeness (QED) is 0.245. The van der Waals surface area contributed by atoms with Crippen LogP contribution in [0.1, 0.15) is 24.0 Å². The highest BCUT2D eigenvalue weighted by atomic mass is 127. The third-order valence-corrected chi connectivity index (χ3v) is 3.80. The molecule has 2 rings (SSSR count). The lowest BCUT2D eigenvalue weighted by molar-refractivity contribution is -0.137. The molecule has 27 heavy (non-hydrogen) atoms. The second-order valence-corrected chi connectivity index (χ2v) is 5.77. The number of hydrogen-bond acceptors (Lipinski definition) is 2. The van der Waals surface area contributed by atoms with Gasteiger partial charge in [0.15, 0.2) is 5.96 Å². The van der Waals surface area contributed by atoms with Crippen molar-refractivity contribution in [2.75, 3.05) is 19.0 Å². The fraction of sp³-hybridized carbons (Fsp3) is 0.316. The molecule has 0 saturated carbocycles. The van der Waals surface area contributed by atoms with Crippen molar-refractivity contribution >= 4 is 35.6 Å². The topological polar surface area (TPSA) is 59.6 Å². The molecule has 0 saturated heterocycles. The first-order valence-electron chi connectivity index (χ1n) is 8.25. The highest BCUT2D eigenvalue weighted by Gasteiger charge is 2.29. The highest BCUT2D eigenvalue weighted by molar-refractivity contribution is 14.0. The maximum absolute atomic E-state index is 12.5. The van der Waals surface area contributed by atoms with E-state index in [2.05, 4.69) is 10.3 Å². The Morgan fingerprint density at radius 3 is 2.22 bits per heavy atom. The van der Waals surface area contributed by atoms with Gasteiger partial charge in [-0.15, -0.1) is 24.0 Å². The molecule has 0 heterocycles. The van der Waals surface area contributed by atoms with Crippen LogP contribution in [0.15, 0.2) is 53.5 Å². The maximum Gasteiger partial charge on any atom is 0.416 e. The number of hydrogen-bond donors (Lipinski definition) is 2. The van der Waals surface area contributed by atoms with Crippen LogP contribution in [0, 0.1) is 0 Å². The molecule has 0 spiro atoms. The van der Waals surface area contributed by atoms with Crippen molar-refractivity contribution in [1.82, 2.24) is 0 Å². The van der Waals surface area contributed by atoms with E-state index in [1.54, 1.807) is 7.11 Å². The van der Waals surface area contributed by atoms with E-state index < -0.39 is 11.7 Å². The number of aliphatic imine (C=N–C) groups is 1. The highest BCUT2D eigenvalue weighted by Crippen LogP contribution is 2.29. The number of nitrogens with zero attached hydrogens (tertiary/aromatic N) is 1. The standard InChI is InChI=1S/C19H22F3N3O.HI/c1-26-17-11-9-16(10-12-17)25-18(23)24-13-3-2-4-14-5-7-15(8-6-14)19(20,21)22;/h5-12H,2-4,13H2,1H3,(H3,23,24,25);1H. The van der Waals surface area contributed by atoms with E-state index in [-0.39, 0.29) is 24.0 Å². The number of methoxy groups -OCH3 is 1. The number of halogens is 4. The van der Waals surface area contributed by atoms with Gasteiger partial charge in [0.05, 0.1) is 12.7 Å². The van der Waals surface area contributed by atoms with Gasteiger partial charge in [-0.3, -0.25) is 4.99 Å². The smallest absolute Gasteiger partial charge is 0.416 e. The first-order valence-corrected chi connectivity index (χ1v) is 8.25. The summed E-state index contributed by atoms with van der Waals surface area (Å²) in [6.45, 7) is 0.551. The van der Waals surface area contributed by atoms with Crippen molar-refractivity contribution < 1.29 is 17.9 Å². The SMILES string of the molecule is COc1ccc(NC(N)=NCCCCc2ccc(C(F)(F)F)cc2)cc1.I. The van der Waals surface area contributed by atoms with Crippen LogP contribution in [0.3, 0.4) is 0 Å². The minimum Gasteiger partial charge on any atom is -0.497 e. The summed E-state index contributed by atoms with van der Waals surface area (Å²) in [4.78, 5) is 4.24. The molecule has 8 heteroatoms. The number of aryl methyl sites for hydroxylation is 1. The molecule has 0 bridgehead atoms. The van der Waals surface area contributed by atoms with E-state index in [1.165, 1.54) is 12.1 Å². The second-order valence-electron chi connectivity index (χ2n) is 5.77. The van der Waals surface area contributed by atoms with Gasteiger partial charge in [0.25, 0.3) is 0 Å². The number of anilines is 1.